The predicted molar refractivity (Wildman–Crippen MR) is 171 cm³/mol. The molecule has 1 amide bonds. The van der Waals surface area contributed by atoms with Crippen LogP contribution in [0.4, 0.5) is 5.13 Å². The van der Waals surface area contributed by atoms with Gasteiger partial charge in [0.15, 0.2) is 28.1 Å². The third-order valence-corrected chi connectivity index (χ3v) is 8.60. The van der Waals surface area contributed by atoms with Crippen molar-refractivity contribution >= 4 is 44.1 Å². The first-order valence-electron chi connectivity index (χ1n) is 14.8. The van der Waals surface area contributed by atoms with E-state index < -0.39 is 17.7 Å². The van der Waals surface area contributed by atoms with Crippen molar-refractivity contribution in [3.63, 3.8) is 0 Å². The molecule has 0 aliphatic carbocycles. The van der Waals surface area contributed by atoms with Gasteiger partial charge in [-0.3, -0.25) is 14.5 Å². The summed E-state index contributed by atoms with van der Waals surface area (Å²) in [5.74, 6) is 1.11. The number of anilines is 1. The molecule has 1 unspecified atom stereocenters. The Hall–Kier alpha value is -4.77. The Kier molecular flexibility index (Phi) is 8.53. The van der Waals surface area contributed by atoms with Gasteiger partial charge in [-0.1, -0.05) is 31.3 Å². The molecule has 0 spiro atoms. The highest BCUT2D eigenvalue weighted by molar-refractivity contribution is 7.22. The Balaban J connectivity index is 1.48. The molecule has 1 atom stereocenters. The second-order valence-electron chi connectivity index (χ2n) is 11.0. The quantitative estimate of drug-likeness (QED) is 0.119. The number of amides is 1. The molecule has 10 nitrogen and oxygen atoms in total. The zero-order valence-corrected chi connectivity index (χ0v) is 26.3. The molecule has 1 N–H and O–H groups in total. The van der Waals surface area contributed by atoms with Crippen molar-refractivity contribution in [3.8, 4) is 28.7 Å². The molecule has 3 heterocycles. The summed E-state index contributed by atoms with van der Waals surface area (Å²) in [6.45, 7) is 7.92. The van der Waals surface area contributed by atoms with E-state index in [-0.39, 0.29) is 11.3 Å². The Morgan fingerprint density at radius 3 is 2.58 bits per heavy atom. The Morgan fingerprint density at radius 1 is 1.02 bits per heavy atom. The number of carbonyl (C=O) groups is 2. The number of hydrogen-bond acceptors (Lipinski definition) is 10. The Morgan fingerprint density at radius 2 is 1.82 bits per heavy atom. The van der Waals surface area contributed by atoms with Crippen LogP contribution in [0.25, 0.3) is 16.0 Å². The number of fused-ring (bicyclic) bond motifs is 2. The van der Waals surface area contributed by atoms with Crippen LogP contribution < -0.4 is 28.6 Å². The van der Waals surface area contributed by atoms with Crippen LogP contribution in [0.5, 0.6) is 28.7 Å². The fraction of sp³-hybridized carbons (Fsp3) is 0.324. The molecule has 1 aromatic heterocycles. The van der Waals surface area contributed by atoms with Crippen LogP contribution in [-0.2, 0) is 9.59 Å². The summed E-state index contributed by atoms with van der Waals surface area (Å²) in [6.07, 6.45) is 0.864. The van der Waals surface area contributed by atoms with Crippen LogP contribution in [0.1, 0.15) is 44.4 Å². The summed E-state index contributed by atoms with van der Waals surface area (Å²) in [6, 6.07) is 14.6. The molecular formula is C34H34N2O8S. The van der Waals surface area contributed by atoms with Crippen LogP contribution in [0.2, 0.25) is 0 Å². The van der Waals surface area contributed by atoms with E-state index in [2.05, 4.69) is 13.8 Å². The number of benzene rings is 3. The lowest BCUT2D eigenvalue weighted by atomic mass is 9.95. The maximum Gasteiger partial charge on any atom is 0.301 e. The lowest BCUT2D eigenvalue weighted by Gasteiger charge is -2.24. The number of thiazole rings is 1. The molecule has 2 aliphatic rings. The normalized spacial score (nSPS) is 17.3. The fourth-order valence-electron chi connectivity index (χ4n) is 5.32. The highest BCUT2D eigenvalue weighted by Gasteiger charge is 2.48. The van der Waals surface area contributed by atoms with Gasteiger partial charge in [-0.2, -0.15) is 0 Å². The molecule has 2 aliphatic heterocycles. The Bertz CT molecular complexity index is 1800. The van der Waals surface area contributed by atoms with Crippen molar-refractivity contribution in [2.45, 2.75) is 33.2 Å². The average Bonchev–Trinajstić information content (AvgIpc) is 3.57. The standard InChI is InChI=1S/C34H34N2O8S/c1-5-41-22-8-9-23-28(18-22)45-34(35-23)36-30(20-6-10-24(26(16-20)40-4)42-13-12-19(2)3)29(32(38)33(36)39)31(37)21-7-11-25-27(17-21)44-15-14-43-25/h6-11,16-19,30,37H,5,12-15H2,1-4H3. The number of hydrogen-bond donors (Lipinski definition) is 1. The highest BCUT2D eigenvalue weighted by atomic mass is 32.1. The number of methoxy groups -OCH3 is 1. The summed E-state index contributed by atoms with van der Waals surface area (Å²) >= 11 is 1.26. The van der Waals surface area contributed by atoms with Gasteiger partial charge in [-0.15, -0.1) is 0 Å². The van der Waals surface area contributed by atoms with Crippen molar-refractivity contribution in [1.82, 2.24) is 4.98 Å². The number of Topliss-reactive ketones (excluding diaryl/α,β-unsaturated/α-hetero) is 1. The van der Waals surface area contributed by atoms with Gasteiger partial charge in [0, 0.05) is 5.56 Å². The van der Waals surface area contributed by atoms with Crippen molar-refractivity contribution in [3.05, 3.63) is 71.3 Å². The number of aromatic nitrogens is 1. The first kappa shape index (κ1) is 30.3. The minimum Gasteiger partial charge on any atom is -0.507 e. The van der Waals surface area contributed by atoms with Crippen LogP contribution in [0.15, 0.2) is 60.2 Å². The molecule has 11 heteroatoms. The molecule has 45 heavy (non-hydrogen) atoms. The van der Waals surface area contributed by atoms with Crippen molar-refractivity contribution in [1.29, 1.82) is 0 Å². The first-order chi connectivity index (χ1) is 21.8. The third kappa shape index (κ3) is 5.87. The number of aliphatic hydroxyl groups is 1. The van der Waals surface area contributed by atoms with Gasteiger partial charge in [0.2, 0.25) is 0 Å². The van der Waals surface area contributed by atoms with E-state index in [1.54, 1.807) is 36.4 Å². The van der Waals surface area contributed by atoms with Gasteiger partial charge >= 0.3 is 5.91 Å². The van der Waals surface area contributed by atoms with Gasteiger partial charge in [-0.05, 0) is 73.4 Å². The molecule has 234 valence electrons. The number of ether oxygens (including phenoxy) is 5. The number of aliphatic hydroxyl groups excluding tert-OH is 1. The second kappa shape index (κ2) is 12.7. The van der Waals surface area contributed by atoms with Crippen molar-refractivity contribution < 1.29 is 38.4 Å². The third-order valence-electron chi connectivity index (χ3n) is 7.58. The maximum atomic E-state index is 13.8. The van der Waals surface area contributed by atoms with Gasteiger partial charge in [0.05, 0.1) is 42.2 Å². The largest absolute Gasteiger partial charge is 0.507 e. The molecule has 6 rings (SSSR count). The van der Waals surface area contributed by atoms with Crippen LogP contribution >= 0.6 is 11.3 Å². The van der Waals surface area contributed by atoms with E-state index in [4.69, 9.17) is 28.7 Å². The Labute approximate surface area is 264 Å². The lowest BCUT2D eigenvalue weighted by molar-refractivity contribution is -0.132. The van der Waals surface area contributed by atoms with E-state index >= 15 is 0 Å². The van der Waals surface area contributed by atoms with Gasteiger partial charge in [-0.25, -0.2) is 4.98 Å². The molecule has 4 aromatic rings. The summed E-state index contributed by atoms with van der Waals surface area (Å²) in [7, 11) is 1.53. The zero-order valence-electron chi connectivity index (χ0n) is 25.5. The van der Waals surface area contributed by atoms with Gasteiger partial charge in [0.25, 0.3) is 5.78 Å². The minimum absolute atomic E-state index is 0.0820. The SMILES string of the molecule is CCOc1ccc2nc(N3C(=O)C(=O)C(=C(O)c4ccc5c(c4)OCCO5)C3c3ccc(OCCC(C)C)c(OC)c3)sc2c1. The van der Waals surface area contributed by atoms with Crippen molar-refractivity contribution in [2.75, 3.05) is 38.4 Å². The topological polar surface area (TPSA) is 117 Å². The van der Waals surface area contributed by atoms with E-state index in [0.29, 0.717) is 82.9 Å². The van der Waals surface area contributed by atoms with E-state index in [1.165, 1.54) is 23.3 Å². The number of nitrogens with zero attached hydrogens (tertiary/aromatic N) is 2. The smallest absolute Gasteiger partial charge is 0.301 e. The molecule has 0 saturated carbocycles. The molecule has 1 saturated heterocycles. The monoisotopic (exact) mass is 630 g/mol. The summed E-state index contributed by atoms with van der Waals surface area (Å²) in [5, 5.41) is 12.0. The summed E-state index contributed by atoms with van der Waals surface area (Å²) in [4.78, 5) is 33.7. The van der Waals surface area contributed by atoms with Gasteiger partial charge < -0.3 is 28.8 Å². The zero-order chi connectivity index (χ0) is 31.7. The van der Waals surface area contributed by atoms with Crippen molar-refractivity contribution in [2.24, 2.45) is 5.92 Å². The highest BCUT2D eigenvalue weighted by Crippen LogP contribution is 2.46. The molecular weight excluding hydrogens is 596 g/mol. The van der Waals surface area contributed by atoms with E-state index in [9.17, 15) is 14.7 Å². The number of ketones is 1. The first-order valence-corrected chi connectivity index (χ1v) is 15.7. The minimum atomic E-state index is -1.01. The predicted octanol–water partition coefficient (Wildman–Crippen LogP) is 6.53. The maximum absolute atomic E-state index is 13.8. The molecule has 0 radical (unpaired) electrons. The van der Waals surface area contributed by atoms with E-state index in [1.807, 2.05) is 25.1 Å². The number of carbonyl (C=O) groups excluding carboxylic acids is 2. The second-order valence-corrected chi connectivity index (χ2v) is 12.0. The van der Waals surface area contributed by atoms with Crippen LogP contribution in [-0.4, -0.2) is 55.3 Å². The fourth-order valence-corrected chi connectivity index (χ4v) is 6.34. The molecule has 1 fully saturated rings. The number of rotatable bonds is 10. The summed E-state index contributed by atoms with van der Waals surface area (Å²) in [5.41, 5.74) is 1.42. The van der Waals surface area contributed by atoms with Crippen LogP contribution in [0, 0.1) is 5.92 Å². The molecule has 0 bridgehead atoms. The van der Waals surface area contributed by atoms with Crippen LogP contribution in [0.3, 0.4) is 0 Å². The average molecular weight is 631 g/mol. The lowest BCUT2D eigenvalue weighted by Crippen LogP contribution is -2.29. The van der Waals surface area contributed by atoms with Gasteiger partial charge in [0.1, 0.15) is 24.7 Å². The summed E-state index contributed by atoms with van der Waals surface area (Å²) < 4.78 is 29.4. The van der Waals surface area contributed by atoms with E-state index in [0.717, 1.165) is 11.1 Å². The molecule has 3 aromatic carbocycles.